The molecule has 5 rings (SSSR count). The molecule has 4 aromatic rings. The van der Waals surface area contributed by atoms with Crippen molar-refractivity contribution < 1.29 is 9.18 Å². The van der Waals surface area contributed by atoms with Crippen LogP contribution in [0.2, 0.25) is 0 Å². The molecule has 7 heteroatoms. The molecule has 31 heavy (non-hydrogen) atoms. The molecule has 1 aliphatic rings. The smallest absolute Gasteiger partial charge is 0.266 e. The van der Waals surface area contributed by atoms with Crippen LogP contribution in [0.3, 0.4) is 0 Å². The van der Waals surface area contributed by atoms with Crippen molar-refractivity contribution in [2.24, 2.45) is 0 Å². The molecule has 1 aliphatic heterocycles. The number of hydrogen-bond acceptors (Lipinski definition) is 3. The Morgan fingerprint density at radius 2 is 1.74 bits per heavy atom. The van der Waals surface area contributed by atoms with Crippen LogP contribution >= 0.6 is 12.2 Å². The van der Waals surface area contributed by atoms with Gasteiger partial charge in [0.05, 0.1) is 16.6 Å². The van der Waals surface area contributed by atoms with Crippen molar-refractivity contribution >= 4 is 29.0 Å². The number of aromatic amines is 1. The molecule has 0 atom stereocenters. The van der Waals surface area contributed by atoms with Crippen LogP contribution in [0.5, 0.6) is 0 Å². The standard InChI is InChI=1S/C24H18FN3O2S/c25-18-6-8-19(9-7-18)28-23(30)20-10-5-16(13-21(20)26-24(28)31)22(29)27-12-11-15-3-1-2-4-17(15)14-27/h1-10,13H,11-12,14H2,(H,26,31). The number of nitrogens with zero attached hydrogens (tertiary/aromatic N) is 2. The van der Waals surface area contributed by atoms with Crippen LogP contribution in [0.4, 0.5) is 4.39 Å². The fraction of sp³-hybridized carbons (Fsp3) is 0.125. The van der Waals surface area contributed by atoms with Crippen LogP contribution in [0.25, 0.3) is 16.6 Å². The van der Waals surface area contributed by atoms with Gasteiger partial charge in [0.2, 0.25) is 0 Å². The van der Waals surface area contributed by atoms with Gasteiger partial charge in [-0.15, -0.1) is 0 Å². The number of rotatable bonds is 2. The molecule has 0 saturated heterocycles. The van der Waals surface area contributed by atoms with Crippen LogP contribution in [0.15, 0.2) is 71.5 Å². The summed E-state index contributed by atoms with van der Waals surface area (Å²) in [6, 6.07) is 18.7. The van der Waals surface area contributed by atoms with Crippen LogP contribution in [-0.4, -0.2) is 26.9 Å². The zero-order valence-electron chi connectivity index (χ0n) is 16.5. The SMILES string of the molecule is O=C(c1ccc2c(=O)n(-c3ccc(F)cc3)c(=S)[nH]c2c1)N1CCc2ccccc2C1. The largest absolute Gasteiger partial charge is 0.334 e. The fourth-order valence-electron chi connectivity index (χ4n) is 4.03. The summed E-state index contributed by atoms with van der Waals surface area (Å²) in [6.07, 6.45) is 0.820. The van der Waals surface area contributed by atoms with E-state index in [4.69, 9.17) is 12.2 Å². The van der Waals surface area contributed by atoms with Crippen molar-refractivity contribution in [3.63, 3.8) is 0 Å². The van der Waals surface area contributed by atoms with E-state index in [-0.39, 0.29) is 16.2 Å². The highest BCUT2D eigenvalue weighted by Gasteiger charge is 2.22. The topological polar surface area (TPSA) is 58.1 Å². The van der Waals surface area contributed by atoms with Gasteiger partial charge in [0.15, 0.2) is 4.77 Å². The van der Waals surface area contributed by atoms with Crippen molar-refractivity contribution in [2.75, 3.05) is 6.54 Å². The lowest BCUT2D eigenvalue weighted by atomic mass is 9.99. The van der Waals surface area contributed by atoms with Gasteiger partial charge in [-0.05, 0) is 72.2 Å². The van der Waals surface area contributed by atoms with Crippen molar-refractivity contribution in [1.82, 2.24) is 14.5 Å². The molecule has 0 fully saturated rings. The third-order valence-electron chi connectivity index (χ3n) is 5.65. The van der Waals surface area contributed by atoms with Crippen molar-refractivity contribution in [3.05, 3.63) is 104 Å². The second-order valence-electron chi connectivity index (χ2n) is 7.55. The average molecular weight is 431 g/mol. The zero-order valence-corrected chi connectivity index (χ0v) is 17.3. The molecular weight excluding hydrogens is 413 g/mol. The minimum Gasteiger partial charge on any atom is -0.334 e. The number of H-pyrrole nitrogens is 1. The number of halogens is 1. The average Bonchev–Trinajstić information content (AvgIpc) is 2.79. The number of carbonyl (C=O) groups is 1. The van der Waals surface area contributed by atoms with Crippen molar-refractivity contribution in [2.45, 2.75) is 13.0 Å². The monoisotopic (exact) mass is 431 g/mol. The molecule has 1 aromatic heterocycles. The van der Waals surface area contributed by atoms with Crippen LogP contribution in [-0.2, 0) is 13.0 Å². The van der Waals surface area contributed by atoms with E-state index >= 15 is 0 Å². The van der Waals surface area contributed by atoms with E-state index in [9.17, 15) is 14.0 Å². The Morgan fingerprint density at radius 1 is 1.00 bits per heavy atom. The first-order valence-corrected chi connectivity index (χ1v) is 10.3. The molecule has 0 radical (unpaired) electrons. The predicted octanol–water partition coefficient (Wildman–Crippen LogP) is 4.39. The Balaban J connectivity index is 1.52. The molecule has 0 spiro atoms. The van der Waals surface area contributed by atoms with Crippen LogP contribution in [0, 0.1) is 10.6 Å². The molecule has 0 bridgehead atoms. The molecule has 1 amide bonds. The Labute approximate surface area is 182 Å². The maximum atomic E-state index is 13.3. The number of benzene rings is 3. The maximum Gasteiger partial charge on any atom is 0.266 e. The minimum absolute atomic E-state index is 0.0848. The number of carbonyl (C=O) groups excluding carboxylic acids is 1. The Morgan fingerprint density at radius 3 is 2.52 bits per heavy atom. The Bertz CT molecular complexity index is 1440. The van der Waals surface area contributed by atoms with Gasteiger partial charge in [0, 0.05) is 18.7 Å². The molecule has 0 unspecified atom stereocenters. The van der Waals surface area contributed by atoms with E-state index in [0.717, 1.165) is 12.0 Å². The molecule has 154 valence electrons. The molecular formula is C24H18FN3O2S. The van der Waals surface area contributed by atoms with E-state index in [0.29, 0.717) is 35.2 Å². The zero-order chi connectivity index (χ0) is 21.5. The lowest BCUT2D eigenvalue weighted by Gasteiger charge is -2.29. The summed E-state index contributed by atoms with van der Waals surface area (Å²) in [7, 11) is 0. The van der Waals surface area contributed by atoms with Crippen LogP contribution < -0.4 is 5.56 Å². The summed E-state index contributed by atoms with van der Waals surface area (Å²) in [5, 5.41) is 0.401. The van der Waals surface area contributed by atoms with Crippen molar-refractivity contribution in [1.29, 1.82) is 0 Å². The first-order chi connectivity index (χ1) is 15.0. The number of aromatic nitrogens is 2. The number of hydrogen-bond donors (Lipinski definition) is 1. The summed E-state index contributed by atoms with van der Waals surface area (Å²) in [5.41, 5.74) is 3.57. The number of fused-ring (bicyclic) bond motifs is 2. The molecule has 3 aromatic carbocycles. The normalized spacial score (nSPS) is 13.3. The summed E-state index contributed by atoms with van der Waals surface area (Å²) in [5.74, 6) is -0.477. The summed E-state index contributed by atoms with van der Waals surface area (Å²) >= 11 is 5.38. The summed E-state index contributed by atoms with van der Waals surface area (Å²) < 4.78 is 14.8. The van der Waals surface area contributed by atoms with E-state index < -0.39 is 5.82 Å². The van der Waals surface area contributed by atoms with Gasteiger partial charge < -0.3 is 9.88 Å². The Kier molecular flexibility index (Phi) is 4.75. The highest BCUT2D eigenvalue weighted by atomic mass is 32.1. The highest BCUT2D eigenvalue weighted by molar-refractivity contribution is 7.71. The van der Waals surface area contributed by atoms with Gasteiger partial charge >= 0.3 is 0 Å². The lowest BCUT2D eigenvalue weighted by Crippen LogP contribution is -2.36. The minimum atomic E-state index is -0.393. The number of amides is 1. The maximum absolute atomic E-state index is 13.3. The van der Waals surface area contributed by atoms with Gasteiger partial charge in [-0.25, -0.2) is 4.39 Å². The van der Waals surface area contributed by atoms with Gasteiger partial charge in [-0.2, -0.15) is 0 Å². The molecule has 5 nitrogen and oxygen atoms in total. The first-order valence-electron chi connectivity index (χ1n) is 9.92. The second-order valence-corrected chi connectivity index (χ2v) is 7.94. The van der Waals surface area contributed by atoms with E-state index in [2.05, 4.69) is 11.1 Å². The number of nitrogens with one attached hydrogen (secondary N) is 1. The summed E-state index contributed by atoms with van der Waals surface area (Å²) in [6.45, 7) is 1.21. The van der Waals surface area contributed by atoms with Crippen LogP contribution in [0.1, 0.15) is 21.5 Å². The third kappa shape index (κ3) is 3.47. The summed E-state index contributed by atoms with van der Waals surface area (Å²) in [4.78, 5) is 31.0. The van der Waals surface area contributed by atoms with Gasteiger partial charge in [-0.1, -0.05) is 24.3 Å². The van der Waals surface area contributed by atoms with Gasteiger partial charge in [0.25, 0.3) is 11.5 Å². The van der Waals surface area contributed by atoms with Crippen molar-refractivity contribution in [3.8, 4) is 5.69 Å². The lowest BCUT2D eigenvalue weighted by molar-refractivity contribution is 0.0735. The molecule has 0 saturated carbocycles. The highest BCUT2D eigenvalue weighted by Crippen LogP contribution is 2.21. The predicted molar refractivity (Wildman–Crippen MR) is 120 cm³/mol. The second kappa shape index (κ2) is 7.59. The molecule has 0 aliphatic carbocycles. The van der Waals surface area contributed by atoms with E-state index in [1.54, 1.807) is 18.2 Å². The third-order valence-corrected chi connectivity index (χ3v) is 5.93. The quantitative estimate of drug-likeness (QED) is 0.479. The van der Waals surface area contributed by atoms with E-state index in [1.165, 1.54) is 34.4 Å². The molecule has 1 N–H and O–H groups in total. The van der Waals surface area contributed by atoms with Gasteiger partial charge in [-0.3, -0.25) is 14.2 Å². The first kappa shape index (κ1) is 19.4. The van der Waals surface area contributed by atoms with Gasteiger partial charge in [0.1, 0.15) is 5.82 Å². The van der Waals surface area contributed by atoms with E-state index in [1.807, 2.05) is 23.1 Å². The molecule has 2 heterocycles. The Hall–Kier alpha value is -3.58. The fourth-order valence-corrected chi connectivity index (χ4v) is 4.33.